The highest BCUT2D eigenvalue weighted by Crippen LogP contribution is 2.44. The molecule has 0 aromatic heterocycles. The first-order valence-electron chi connectivity index (χ1n) is 13.9. The maximum absolute atomic E-state index is 15.2. The van der Waals surface area contributed by atoms with Crippen LogP contribution in [0.1, 0.15) is 87.2 Å². The molecule has 204 valence electrons. The molecule has 0 N–H and O–H groups in total. The number of nitrogens with zero attached hydrogens (tertiary/aromatic N) is 1. The molecule has 1 aliphatic heterocycles. The molecule has 0 amide bonds. The van der Waals surface area contributed by atoms with E-state index in [-0.39, 0.29) is 30.3 Å². The van der Waals surface area contributed by atoms with Crippen LogP contribution in [-0.4, -0.2) is 19.3 Å². The van der Waals surface area contributed by atoms with Crippen molar-refractivity contribution in [3.63, 3.8) is 0 Å². The van der Waals surface area contributed by atoms with Crippen LogP contribution in [0.2, 0.25) is 0 Å². The molecule has 0 radical (unpaired) electrons. The third kappa shape index (κ3) is 6.18. The number of alkyl halides is 2. The van der Waals surface area contributed by atoms with E-state index < -0.39 is 18.3 Å². The summed E-state index contributed by atoms with van der Waals surface area (Å²) in [5, 5.41) is 8.87. The Morgan fingerprint density at radius 2 is 1.53 bits per heavy atom. The first-order valence-corrected chi connectivity index (χ1v) is 13.9. The van der Waals surface area contributed by atoms with Gasteiger partial charge in [-0.05, 0) is 92.2 Å². The number of ether oxygens (including phenoxy) is 3. The Morgan fingerprint density at radius 3 is 2.13 bits per heavy atom. The van der Waals surface area contributed by atoms with Gasteiger partial charge in [0.05, 0.1) is 30.8 Å². The summed E-state index contributed by atoms with van der Waals surface area (Å²) in [4.78, 5) is 0. The van der Waals surface area contributed by atoms with E-state index in [9.17, 15) is 8.78 Å². The molecule has 3 aliphatic rings. The number of hydrogen-bond acceptors (Lipinski definition) is 4. The number of rotatable bonds is 6. The van der Waals surface area contributed by atoms with Gasteiger partial charge in [0.2, 0.25) is 0 Å². The second-order valence-corrected chi connectivity index (χ2v) is 11.4. The van der Waals surface area contributed by atoms with Crippen LogP contribution in [0.3, 0.4) is 0 Å². The fourth-order valence-electron chi connectivity index (χ4n) is 6.34. The van der Waals surface area contributed by atoms with E-state index in [2.05, 4.69) is 6.92 Å². The first-order chi connectivity index (χ1) is 18.3. The summed E-state index contributed by atoms with van der Waals surface area (Å²) in [5.74, 6) is 0.491. The topological polar surface area (TPSA) is 51.5 Å². The van der Waals surface area contributed by atoms with E-state index in [1.54, 1.807) is 6.07 Å². The van der Waals surface area contributed by atoms with Crippen LogP contribution < -0.4 is 4.74 Å². The molecule has 2 aromatic carbocycles. The van der Waals surface area contributed by atoms with Gasteiger partial charge in [-0.15, -0.1) is 0 Å². The van der Waals surface area contributed by atoms with Gasteiger partial charge in [0, 0.05) is 11.5 Å². The fraction of sp³-hybridized carbons (Fsp3) is 0.581. The van der Waals surface area contributed by atoms with Crippen LogP contribution in [0.25, 0.3) is 0 Å². The molecule has 3 fully saturated rings. The summed E-state index contributed by atoms with van der Waals surface area (Å²) >= 11 is 0. The highest BCUT2D eigenvalue weighted by atomic mass is 19.3. The minimum Gasteiger partial charge on any atom is -0.432 e. The monoisotopic (exact) mass is 527 g/mol. The van der Waals surface area contributed by atoms with Gasteiger partial charge in [0.1, 0.15) is 11.6 Å². The lowest BCUT2D eigenvalue weighted by molar-refractivity contribution is -0.222. The zero-order valence-corrected chi connectivity index (χ0v) is 21.9. The van der Waals surface area contributed by atoms with E-state index in [0.717, 1.165) is 5.92 Å². The number of halogens is 3. The van der Waals surface area contributed by atoms with Gasteiger partial charge in [-0.2, -0.15) is 14.0 Å². The lowest BCUT2D eigenvalue weighted by atomic mass is 9.76. The zero-order valence-electron chi connectivity index (χ0n) is 21.9. The van der Waals surface area contributed by atoms with E-state index in [1.807, 2.05) is 12.1 Å². The van der Waals surface area contributed by atoms with Crippen molar-refractivity contribution < 1.29 is 27.4 Å². The van der Waals surface area contributed by atoms with E-state index in [0.29, 0.717) is 54.6 Å². The quantitative estimate of drug-likeness (QED) is 0.381. The molecule has 2 aliphatic carbocycles. The molecule has 4 nitrogen and oxygen atoms in total. The molecule has 2 saturated carbocycles. The van der Waals surface area contributed by atoms with Crippen molar-refractivity contribution in [2.75, 3.05) is 13.2 Å². The van der Waals surface area contributed by atoms with Gasteiger partial charge >= 0.3 is 6.11 Å². The van der Waals surface area contributed by atoms with Crippen molar-refractivity contribution in [2.45, 2.75) is 76.6 Å². The van der Waals surface area contributed by atoms with Gasteiger partial charge in [-0.1, -0.05) is 31.9 Å². The normalized spacial score (nSPS) is 30.4. The molecule has 0 spiro atoms. The van der Waals surface area contributed by atoms with Crippen LogP contribution in [0.5, 0.6) is 5.75 Å². The molecule has 0 atom stereocenters. The SMILES string of the molecule is CC1CCC(C2COC(c3ccc(C4CCC(C(F)(F)Oc5ccc(C#N)cc5)CC4)c(F)c3)OC2)CC1. The summed E-state index contributed by atoms with van der Waals surface area (Å²) in [7, 11) is 0. The highest BCUT2D eigenvalue weighted by Gasteiger charge is 2.44. The number of hydrogen-bond donors (Lipinski definition) is 0. The maximum atomic E-state index is 15.2. The molecule has 2 aromatic rings. The standard InChI is InChI=1S/C31H36F3NO3/c1-20-2-6-22(7-3-20)25-18-36-30(37-19-25)24-10-15-28(29(32)16-24)23-8-11-26(12-9-23)31(33,34)38-27-13-4-21(17-35)5-14-27/h4-5,10,13-16,20,22-23,25-26,30H,2-3,6-9,11-12,18-19H2,1H3. The second-order valence-electron chi connectivity index (χ2n) is 11.4. The summed E-state index contributed by atoms with van der Waals surface area (Å²) in [5.41, 5.74) is 1.61. The molecule has 0 unspecified atom stereocenters. The van der Waals surface area contributed by atoms with Crippen molar-refractivity contribution >= 4 is 0 Å². The van der Waals surface area contributed by atoms with Crippen molar-refractivity contribution in [3.05, 3.63) is 65.0 Å². The van der Waals surface area contributed by atoms with Crippen molar-refractivity contribution in [1.82, 2.24) is 0 Å². The smallest absolute Gasteiger partial charge is 0.400 e. The summed E-state index contributed by atoms with van der Waals surface area (Å²) in [6, 6.07) is 12.7. The zero-order chi connectivity index (χ0) is 26.7. The van der Waals surface area contributed by atoms with Crippen LogP contribution in [0, 0.1) is 40.8 Å². The Bertz CT molecular complexity index is 1110. The lowest BCUT2D eigenvalue weighted by Gasteiger charge is -2.37. The summed E-state index contributed by atoms with van der Waals surface area (Å²) in [6.45, 7) is 3.58. The first kappa shape index (κ1) is 27.0. The minimum atomic E-state index is -3.33. The molecule has 1 saturated heterocycles. The van der Waals surface area contributed by atoms with E-state index in [1.165, 1.54) is 56.0 Å². The average Bonchev–Trinajstić information content (AvgIpc) is 2.94. The molecule has 38 heavy (non-hydrogen) atoms. The second kappa shape index (κ2) is 11.7. The molecule has 7 heteroatoms. The van der Waals surface area contributed by atoms with E-state index >= 15 is 4.39 Å². The number of benzene rings is 2. The molecular formula is C31H36F3NO3. The van der Waals surface area contributed by atoms with Gasteiger partial charge < -0.3 is 14.2 Å². The van der Waals surface area contributed by atoms with Crippen LogP contribution in [-0.2, 0) is 9.47 Å². The average molecular weight is 528 g/mol. The predicted molar refractivity (Wildman–Crippen MR) is 137 cm³/mol. The van der Waals surface area contributed by atoms with Crippen LogP contribution in [0.4, 0.5) is 13.2 Å². The van der Waals surface area contributed by atoms with Crippen molar-refractivity contribution in [3.8, 4) is 11.8 Å². The molecule has 0 bridgehead atoms. The van der Waals surface area contributed by atoms with E-state index in [4.69, 9.17) is 19.5 Å². The highest BCUT2D eigenvalue weighted by molar-refractivity contribution is 5.34. The Morgan fingerprint density at radius 1 is 0.868 bits per heavy atom. The summed E-state index contributed by atoms with van der Waals surface area (Å²) < 4.78 is 61.8. The largest absolute Gasteiger partial charge is 0.432 e. The Hall–Kier alpha value is -2.56. The number of nitriles is 1. The van der Waals surface area contributed by atoms with Gasteiger partial charge in [0.25, 0.3) is 0 Å². The lowest BCUT2D eigenvalue weighted by Crippen LogP contribution is -2.37. The van der Waals surface area contributed by atoms with Gasteiger partial charge in [0.15, 0.2) is 6.29 Å². The molecular weight excluding hydrogens is 491 g/mol. The Kier molecular flexibility index (Phi) is 8.30. The third-order valence-electron chi connectivity index (χ3n) is 8.83. The predicted octanol–water partition coefficient (Wildman–Crippen LogP) is 8.13. The van der Waals surface area contributed by atoms with Gasteiger partial charge in [-0.25, -0.2) is 4.39 Å². The third-order valence-corrected chi connectivity index (χ3v) is 8.83. The Balaban J connectivity index is 1.13. The summed E-state index contributed by atoms with van der Waals surface area (Å²) in [6.07, 6.45) is 2.50. The van der Waals surface area contributed by atoms with Crippen LogP contribution >= 0.6 is 0 Å². The Labute approximate surface area is 223 Å². The molecule has 1 heterocycles. The fourth-order valence-corrected chi connectivity index (χ4v) is 6.34. The van der Waals surface area contributed by atoms with Crippen molar-refractivity contribution in [2.24, 2.45) is 23.7 Å². The van der Waals surface area contributed by atoms with Crippen molar-refractivity contribution in [1.29, 1.82) is 5.26 Å². The minimum absolute atomic E-state index is 0.0320. The van der Waals surface area contributed by atoms with Gasteiger partial charge in [-0.3, -0.25) is 0 Å². The van der Waals surface area contributed by atoms with Crippen LogP contribution in [0.15, 0.2) is 42.5 Å². The molecule has 5 rings (SSSR count). The maximum Gasteiger partial charge on any atom is 0.400 e.